The Balaban J connectivity index is 1.74. The third-order valence-electron chi connectivity index (χ3n) is 4.16. The quantitative estimate of drug-likeness (QED) is 0.577. The number of carbonyl (C=O) groups excluding carboxylic acids is 2. The molecule has 0 saturated heterocycles. The van der Waals surface area contributed by atoms with Gasteiger partial charge in [0.15, 0.2) is 0 Å². The molecule has 0 saturated carbocycles. The van der Waals surface area contributed by atoms with Crippen molar-refractivity contribution in [2.75, 3.05) is 13.7 Å². The van der Waals surface area contributed by atoms with Gasteiger partial charge in [-0.15, -0.1) is 0 Å². The summed E-state index contributed by atoms with van der Waals surface area (Å²) in [7, 11) is 1.59. The van der Waals surface area contributed by atoms with Gasteiger partial charge in [-0.05, 0) is 29.7 Å². The molecule has 0 spiro atoms. The van der Waals surface area contributed by atoms with Crippen LogP contribution in [0.25, 0.3) is 0 Å². The molecule has 2 aromatic rings. The lowest BCUT2D eigenvalue weighted by Gasteiger charge is -2.15. The SMILES string of the molecule is COc1ccc(CCC(=O)NCC(=O)NC(Cc2ccccc2)C(=O)O)cc1. The van der Waals surface area contributed by atoms with E-state index >= 15 is 0 Å². The number of aryl methyl sites for hydroxylation is 1. The normalized spacial score (nSPS) is 11.3. The van der Waals surface area contributed by atoms with Crippen LogP contribution in [0.15, 0.2) is 54.6 Å². The number of carboxylic acid groups (broad SMARTS) is 1. The topological polar surface area (TPSA) is 105 Å². The lowest BCUT2D eigenvalue weighted by Crippen LogP contribution is -2.46. The molecule has 1 atom stereocenters. The fourth-order valence-corrected chi connectivity index (χ4v) is 2.61. The van der Waals surface area contributed by atoms with Crippen LogP contribution in [0, 0.1) is 0 Å². The van der Waals surface area contributed by atoms with Crippen LogP contribution in [-0.2, 0) is 27.2 Å². The monoisotopic (exact) mass is 384 g/mol. The third-order valence-corrected chi connectivity index (χ3v) is 4.16. The first-order chi connectivity index (χ1) is 13.5. The minimum absolute atomic E-state index is 0.174. The first kappa shape index (κ1) is 21.0. The van der Waals surface area contributed by atoms with Crippen molar-refractivity contribution in [2.24, 2.45) is 0 Å². The molecule has 2 aromatic carbocycles. The molecule has 0 aliphatic carbocycles. The van der Waals surface area contributed by atoms with E-state index < -0.39 is 17.9 Å². The van der Waals surface area contributed by atoms with Gasteiger partial charge in [-0.3, -0.25) is 9.59 Å². The average molecular weight is 384 g/mol. The zero-order valence-electron chi connectivity index (χ0n) is 15.7. The van der Waals surface area contributed by atoms with E-state index in [1.807, 2.05) is 30.3 Å². The highest BCUT2D eigenvalue weighted by molar-refractivity contribution is 5.88. The zero-order chi connectivity index (χ0) is 20.4. The number of methoxy groups -OCH3 is 1. The van der Waals surface area contributed by atoms with Gasteiger partial charge >= 0.3 is 5.97 Å². The third kappa shape index (κ3) is 7.11. The van der Waals surface area contributed by atoms with E-state index in [1.165, 1.54) is 0 Å². The Kier molecular flexibility index (Phi) is 8.02. The number of ether oxygens (including phenoxy) is 1. The van der Waals surface area contributed by atoms with Gasteiger partial charge in [0.05, 0.1) is 13.7 Å². The van der Waals surface area contributed by atoms with Crippen LogP contribution in [-0.4, -0.2) is 42.6 Å². The number of amides is 2. The number of nitrogens with one attached hydrogen (secondary N) is 2. The predicted molar refractivity (Wildman–Crippen MR) is 104 cm³/mol. The van der Waals surface area contributed by atoms with Crippen LogP contribution >= 0.6 is 0 Å². The van der Waals surface area contributed by atoms with E-state index in [-0.39, 0.29) is 25.3 Å². The standard InChI is InChI=1S/C21H24N2O5/c1-28-17-10-7-15(8-11-17)9-12-19(24)22-14-20(25)23-18(21(26)27)13-16-5-3-2-4-6-16/h2-8,10-11,18H,9,12-14H2,1H3,(H,22,24)(H,23,25)(H,26,27). The minimum Gasteiger partial charge on any atom is -0.497 e. The predicted octanol–water partition coefficient (Wildman–Crippen LogP) is 1.56. The molecule has 0 aliphatic rings. The van der Waals surface area contributed by atoms with Gasteiger partial charge in [0, 0.05) is 12.8 Å². The number of hydrogen-bond donors (Lipinski definition) is 3. The molecule has 0 radical (unpaired) electrons. The van der Waals surface area contributed by atoms with Gasteiger partial charge in [-0.1, -0.05) is 42.5 Å². The molecule has 7 nitrogen and oxygen atoms in total. The molecule has 148 valence electrons. The first-order valence-electron chi connectivity index (χ1n) is 8.93. The van der Waals surface area contributed by atoms with Crippen LogP contribution in [0.2, 0.25) is 0 Å². The summed E-state index contributed by atoms with van der Waals surface area (Å²) in [5.41, 5.74) is 1.79. The Hall–Kier alpha value is -3.35. The summed E-state index contributed by atoms with van der Waals surface area (Å²) in [6.45, 7) is -0.264. The lowest BCUT2D eigenvalue weighted by molar-refractivity contribution is -0.141. The number of rotatable bonds is 10. The van der Waals surface area contributed by atoms with E-state index in [9.17, 15) is 19.5 Å². The van der Waals surface area contributed by atoms with Crippen molar-refractivity contribution in [2.45, 2.75) is 25.3 Å². The summed E-state index contributed by atoms with van der Waals surface area (Å²) in [4.78, 5) is 35.3. The number of benzene rings is 2. The summed E-state index contributed by atoms with van der Waals surface area (Å²) < 4.78 is 5.08. The second-order valence-corrected chi connectivity index (χ2v) is 6.27. The van der Waals surface area contributed by atoms with Crippen LogP contribution in [0.4, 0.5) is 0 Å². The first-order valence-corrected chi connectivity index (χ1v) is 8.93. The second kappa shape index (κ2) is 10.7. The van der Waals surface area contributed by atoms with Gasteiger partial charge in [-0.2, -0.15) is 0 Å². The Morgan fingerprint density at radius 1 is 0.964 bits per heavy atom. The number of carboxylic acids is 1. The summed E-state index contributed by atoms with van der Waals surface area (Å²) in [5, 5.41) is 14.3. The fourth-order valence-electron chi connectivity index (χ4n) is 2.61. The molecule has 2 rings (SSSR count). The van der Waals surface area contributed by atoms with Gasteiger partial charge in [0.25, 0.3) is 0 Å². The molecule has 0 bridgehead atoms. The van der Waals surface area contributed by atoms with Gasteiger partial charge in [0.2, 0.25) is 11.8 Å². The van der Waals surface area contributed by atoms with Crippen molar-refractivity contribution in [3.8, 4) is 5.75 Å². The maximum Gasteiger partial charge on any atom is 0.326 e. The minimum atomic E-state index is -1.12. The highest BCUT2D eigenvalue weighted by Crippen LogP contribution is 2.12. The Bertz CT molecular complexity index is 790. The Morgan fingerprint density at radius 2 is 1.64 bits per heavy atom. The van der Waals surface area contributed by atoms with Crippen molar-refractivity contribution >= 4 is 17.8 Å². The van der Waals surface area contributed by atoms with Crippen molar-refractivity contribution in [1.29, 1.82) is 0 Å². The van der Waals surface area contributed by atoms with Crippen LogP contribution in [0.1, 0.15) is 17.5 Å². The summed E-state index contributed by atoms with van der Waals surface area (Å²) in [6, 6.07) is 15.4. The highest BCUT2D eigenvalue weighted by atomic mass is 16.5. The van der Waals surface area contributed by atoms with Crippen LogP contribution < -0.4 is 15.4 Å². The van der Waals surface area contributed by atoms with E-state index in [4.69, 9.17) is 4.74 Å². The van der Waals surface area contributed by atoms with Crippen LogP contribution in [0.3, 0.4) is 0 Å². The average Bonchev–Trinajstić information content (AvgIpc) is 2.71. The maximum absolute atomic E-state index is 12.0. The van der Waals surface area contributed by atoms with Gasteiger partial charge in [-0.25, -0.2) is 4.79 Å². The summed E-state index contributed by atoms with van der Waals surface area (Å²) >= 11 is 0. The van der Waals surface area contributed by atoms with E-state index in [1.54, 1.807) is 31.4 Å². The van der Waals surface area contributed by atoms with Crippen molar-refractivity contribution in [3.63, 3.8) is 0 Å². The summed E-state index contributed by atoms with van der Waals surface area (Å²) in [5.74, 6) is -1.20. The lowest BCUT2D eigenvalue weighted by atomic mass is 10.1. The molecule has 1 unspecified atom stereocenters. The van der Waals surface area contributed by atoms with E-state index in [0.29, 0.717) is 6.42 Å². The molecular formula is C21H24N2O5. The number of aliphatic carboxylic acids is 1. The molecule has 3 N–H and O–H groups in total. The maximum atomic E-state index is 12.0. The number of carbonyl (C=O) groups is 3. The molecule has 28 heavy (non-hydrogen) atoms. The zero-order valence-corrected chi connectivity index (χ0v) is 15.7. The molecule has 0 aliphatic heterocycles. The molecule has 2 amide bonds. The van der Waals surface area contributed by atoms with E-state index in [0.717, 1.165) is 16.9 Å². The smallest absolute Gasteiger partial charge is 0.326 e. The molecular weight excluding hydrogens is 360 g/mol. The van der Waals surface area contributed by atoms with Gasteiger partial charge in [0.1, 0.15) is 11.8 Å². The molecule has 0 fully saturated rings. The van der Waals surface area contributed by atoms with Gasteiger partial charge < -0.3 is 20.5 Å². The highest BCUT2D eigenvalue weighted by Gasteiger charge is 2.20. The molecule has 7 heteroatoms. The summed E-state index contributed by atoms with van der Waals surface area (Å²) in [6.07, 6.45) is 0.933. The van der Waals surface area contributed by atoms with Crippen molar-refractivity contribution in [1.82, 2.24) is 10.6 Å². The van der Waals surface area contributed by atoms with Crippen molar-refractivity contribution in [3.05, 3.63) is 65.7 Å². The second-order valence-electron chi connectivity index (χ2n) is 6.27. The Morgan fingerprint density at radius 3 is 2.25 bits per heavy atom. The van der Waals surface area contributed by atoms with Crippen LogP contribution in [0.5, 0.6) is 5.75 Å². The van der Waals surface area contributed by atoms with E-state index in [2.05, 4.69) is 10.6 Å². The molecule has 0 heterocycles. The molecule has 0 aromatic heterocycles. The van der Waals surface area contributed by atoms with Crippen molar-refractivity contribution < 1.29 is 24.2 Å². The Labute approximate surface area is 163 Å². The largest absolute Gasteiger partial charge is 0.497 e. The fraction of sp³-hybridized carbons (Fsp3) is 0.286. The number of hydrogen-bond acceptors (Lipinski definition) is 4.